The number of carboxylic acids is 1. The molecule has 3 heterocycles. The number of aromatic nitrogens is 2. The van der Waals surface area contributed by atoms with Gasteiger partial charge in [0.1, 0.15) is 17.4 Å². The Kier molecular flexibility index (Phi) is 4.03. The Balaban J connectivity index is 1.75. The molecule has 0 spiro atoms. The Labute approximate surface area is 145 Å². The molecule has 0 unspecified atom stereocenters. The summed E-state index contributed by atoms with van der Waals surface area (Å²) in [4.78, 5) is 11.2. The van der Waals surface area contributed by atoms with E-state index >= 15 is 0 Å². The van der Waals surface area contributed by atoms with E-state index in [2.05, 4.69) is 5.10 Å². The second-order valence-corrected chi connectivity index (χ2v) is 6.20. The molecule has 2 aliphatic rings. The van der Waals surface area contributed by atoms with Crippen LogP contribution in [0.25, 0.3) is 11.3 Å². The van der Waals surface area contributed by atoms with Gasteiger partial charge in [0.15, 0.2) is 0 Å². The van der Waals surface area contributed by atoms with E-state index in [0.29, 0.717) is 38.3 Å². The van der Waals surface area contributed by atoms with Crippen molar-refractivity contribution in [1.82, 2.24) is 9.78 Å². The number of hydrogen-bond donors (Lipinski definition) is 1. The first-order chi connectivity index (χ1) is 12.3. The van der Waals surface area contributed by atoms with Crippen LogP contribution in [0.15, 0.2) is 10.6 Å². The predicted octanol–water partition coefficient (Wildman–Crippen LogP) is 2.37. The Bertz CT molecular complexity index is 849. The van der Waals surface area contributed by atoms with Crippen LogP contribution >= 0.6 is 0 Å². The van der Waals surface area contributed by atoms with Crippen molar-refractivity contribution < 1.29 is 37.0 Å². The zero-order valence-electron chi connectivity index (χ0n) is 13.5. The number of alkyl halides is 3. The monoisotopic (exact) mass is 372 g/mol. The second kappa shape index (κ2) is 6.13. The zero-order valence-corrected chi connectivity index (χ0v) is 13.5. The van der Waals surface area contributed by atoms with Gasteiger partial charge in [0.2, 0.25) is 5.76 Å². The predicted molar refractivity (Wildman–Crippen MR) is 79.9 cm³/mol. The summed E-state index contributed by atoms with van der Waals surface area (Å²) in [6, 6.07) is 0. The van der Waals surface area contributed by atoms with Crippen molar-refractivity contribution in [2.24, 2.45) is 0 Å². The fraction of sp³-hybridized carbons (Fsp3) is 0.500. The summed E-state index contributed by atoms with van der Waals surface area (Å²) in [7, 11) is 0. The molecule has 1 N–H and O–H groups in total. The van der Waals surface area contributed by atoms with Gasteiger partial charge in [-0.25, -0.2) is 4.79 Å². The van der Waals surface area contributed by atoms with Gasteiger partial charge in [0.05, 0.1) is 37.6 Å². The molecule has 1 saturated heterocycles. The van der Waals surface area contributed by atoms with Gasteiger partial charge in [0, 0.05) is 12.6 Å². The number of aromatic carboxylic acids is 1. The minimum Gasteiger partial charge on any atom is -0.475 e. The number of carbonyl (C=O) groups is 1. The van der Waals surface area contributed by atoms with Crippen molar-refractivity contribution in [3.63, 3.8) is 0 Å². The van der Waals surface area contributed by atoms with Gasteiger partial charge in [-0.1, -0.05) is 0 Å². The van der Waals surface area contributed by atoms with Crippen molar-refractivity contribution in [3.8, 4) is 11.3 Å². The number of ether oxygens (including phenoxy) is 2. The number of carboxylic acid groups (broad SMARTS) is 1. The fourth-order valence-corrected chi connectivity index (χ4v) is 3.37. The van der Waals surface area contributed by atoms with Crippen LogP contribution in [0.5, 0.6) is 0 Å². The van der Waals surface area contributed by atoms with E-state index in [1.165, 1.54) is 4.68 Å². The molecular formula is C16H15F3N2O5. The average molecular weight is 372 g/mol. The molecule has 0 saturated carbocycles. The van der Waals surface area contributed by atoms with Crippen molar-refractivity contribution in [2.75, 3.05) is 19.8 Å². The normalized spacial score (nSPS) is 19.9. The lowest BCUT2D eigenvalue weighted by molar-refractivity contribution is -0.138. The molecular weight excluding hydrogens is 357 g/mol. The van der Waals surface area contributed by atoms with Crippen LogP contribution in [0.1, 0.15) is 27.4 Å². The van der Waals surface area contributed by atoms with Crippen LogP contribution in [-0.2, 0) is 35.0 Å². The largest absolute Gasteiger partial charge is 0.475 e. The second-order valence-electron chi connectivity index (χ2n) is 6.20. The highest BCUT2D eigenvalue weighted by molar-refractivity contribution is 5.90. The SMILES string of the molecule is O=C(O)c1oc2c(c1C(F)(F)F)-c1nn(C[C@H]3COCCO3)cc1CC2. The maximum absolute atomic E-state index is 13.5. The fourth-order valence-electron chi connectivity index (χ4n) is 3.37. The standard InChI is InChI=1S/C16H15F3N2O5/c17-16(18,19)12-11-10(26-14(12)15(22)23)2-1-8-5-21(20-13(8)11)6-9-7-24-3-4-25-9/h5,9H,1-4,6-7H2,(H,22,23)/t9-/m0/s1. The smallest absolute Gasteiger partial charge is 0.421 e. The number of halogens is 3. The van der Waals surface area contributed by atoms with Gasteiger partial charge in [-0.15, -0.1) is 0 Å². The van der Waals surface area contributed by atoms with Crippen LogP contribution in [0.2, 0.25) is 0 Å². The lowest BCUT2D eigenvalue weighted by Crippen LogP contribution is -2.32. The maximum atomic E-state index is 13.5. The number of furan rings is 1. The highest BCUT2D eigenvalue weighted by atomic mass is 19.4. The molecule has 1 fully saturated rings. The van der Waals surface area contributed by atoms with Crippen LogP contribution < -0.4 is 0 Å². The van der Waals surface area contributed by atoms with E-state index < -0.39 is 23.5 Å². The van der Waals surface area contributed by atoms with E-state index in [1.54, 1.807) is 6.20 Å². The summed E-state index contributed by atoms with van der Waals surface area (Å²) < 4.78 is 57.9. The Morgan fingerprint density at radius 1 is 1.35 bits per heavy atom. The minimum absolute atomic E-state index is 0.00437. The van der Waals surface area contributed by atoms with Crippen molar-refractivity contribution in [2.45, 2.75) is 31.7 Å². The first kappa shape index (κ1) is 17.1. The molecule has 140 valence electrons. The number of rotatable bonds is 3. The van der Waals surface area contributed by atoms with Crippen LogP contribution in [0.3, 0.4) is 0 Å². The molecule has 0 aromatic carbocycles. The van der Waals surface area contributed by atoms with Gasteiger partial charge in [-0.2, -0.15) is 18.3 Å². The summed E-state index contributed by atoms with van der Waals surface area (Å²) in [6.07, 6.45) is -2.81. The van der Waals surface area contributed by atoms with Gasteiger partial charge < -0.3 is 19.0 Å². The summed E-state index contributed by atoms with van der Waals surface area (Å²) in [5.41, 5.74) is -0.803. The third-order valence-corrected chi connectivity index (χ3v) is 4.43. The van der Waals surface area contributed by atoms with Gasteiger partial charge in [-0.3, -0.25) is 4.68 Å². The van der Waals surface area contributed by atoms with Crippen LogP contribution in [-0.4, -0.2) is 46.8 Å². The quantitative estimate of drug-likeness (QED) is 0.890. The van der Waals surface area contributed by atoms with Crippen LogP contribution in [0, 0.1) is 0 Å². The first-order valence-corrected chi connectivity index (χ1v) is 8.06. The Hall–Kier alpha value is -2.33. The van der Waals surface area contributed by atoms with E-state index in [9.17, 15) is 18.0 Å². The van der Waals surface area contributed by atoms with Crippen molar-refractivity contribution in [3.05, 3.63) is 28.8 Å². The molecule has 1 atom stereocenters. The van der Waals surface area contributed by atoms with E-state index in [1.807, 2.05) is 0 Å². The summed E-state index contributed by atoms with van der Waals surface area (Å²) >= 11 is 0. The third-order valence-electron chi connectivity index (χ3n) is 4.43. The molecule has 10 heteroatoms. The first-order valence-electron chi connectivity index (χ1n) is 8.06. The number of nitrogens with zero attached hydrogens (tertiary/aromatic N) is 2. The van der Waals surface area contributed by atoms with Crippen molar-refractivity contribution >= 4 is 5.97 Å². The molecule has 1 aliphatic heterocycles. The lowest BCUT2D eigenvalue weighted by Gasteiger charge is -2.22. The van der Waals surface area contributed by atoms with Gasteiger partial charge >= 0.3 is 12.1 Å². The number of aryl methyl sites for hydroxylation is 2. The molecule has 2 aromatic heterocycles. The van der Waals surface area contributed by atoms with E-state index in [0.717, 1.165) is 0 Å². The molecule has 0 radical (unpaired) electrons. The molecule has 7 nitrogen and oxygen atoms in total. The average Bonchev–Trinajstić information content (AvgIpc) is 3.15. The number of fused-ring (bicyclic) bond motifs is 3. The molecule has 1 aliphatic carbocycles. The number of hydrogen-bond acceptors (Lipinski definition) is 5. The molecule has 2 aromatic rings. The minimum atomic E-state index is -4.86. The van der Waals surface area contributed by atoms with Gasteiger partial charge in [0.25, 0.3) is 0 Å². The Morgan fingerprint density at radius 2 is 2.15 bits per heavy atom. The lowest BCUT2D eigenvalue weighted by atomic mass is 9.93. The van der Waals surface area contributed by atoms with E-state index in [4.69, 9.17) is 19.0 Å². The van der Waals surface area contributed by atoms with Gasteiger partial charge in [-0.05, 0) is 12.0 Å². The Morgan fingerprint density at radius 3 is 2.81 bits per heavy atom. The third kappa shape index (κ3) is 2.88. The molecule has 0 bridgehead atoms. The molecule has 0 amide bonds. The molecule has 4 rings (SSSR count). The summed E-state index contributed by atoms with van der Waals surface area (Å²) in [5.74, 6) is -2.83. The summed E-state index contributed by atoms with van der Waals surface area (Å²) in [6.45, 7) is 1.70. The molecule has 26 heavy (non-hydrogen) atoms. The topological polar surface area (TPSA) is 86.7 Å². The summed E-state index contributed by atoms with van der Waals surface area (Å²) in [5, 5.41) is 13.4. The zero-order chi connectivity index (χ0) is 18.5. The van der Waals surface area contributed by atoms with Crippen LogP contribution in [0.4, 0.5) is 13.2 Å². The maximum Gasteiger partial charge on any atom is 0.421 e. The highest BCUT2D eigenvalue weighted by Gasteiger charge is 2.45. The highest BCUT2D eigenvalue weighted by Crippen LogP contribution is 2.46. The van der Waals surface area contributed by atoms with E-state index in [-0.39, 0.29) is 29.5 Å². The van der Waals surface area contributed by atoms with Crippen molar-refractivity contribution in [1.29, 1.82) is 0 Å².